The number of rotatable bonds is 12. The summed E-state index contributed by atoms with van der Waals surface area (Å²) in [6.07, 6.45) is 6.89. The molecule has 0 fully saturated rings. The van der Waals surface area contributed by atoms with Crippen molar-refractivity contribution in [2.75, 3.05) is 19.8 Å². The fraction of sp³-hybridized carbons (Fsp3) is 0.320. The molecule has 2 aromatic rings. The molecule has 29 heavy (non-hydrogen) atoms. The lowest BCUT2D eigenvalue weighted by Gasteiger charge is -2.14. The van der Waals surface area contributed by atoms with E-state index in [1.807, 2.05) is 19.1 Å². The molecule has 0 spiro atoms. The van der Waals surface area contributed by atoms with E-state index < -0.39 is 0 Å². The maximum absolute atomic E-state index is 12.5. The first-order valence-corrected chi connectivity index (χ1v) is 10.0. The molecule has 154 valence electrons. The minimum atomic E-state index is -0.0760. The van der Waals surface area contributed by atoms with Crippen LogP contribution < -0.4 is 14.2 Å². The van der Waals surface area contributed by atoms with Crippen LogP contribution in [-0.4, -0.2) is 25.6 Å². The van der Waals surface area contributed by atoms with Crippen LogP contribution >= 0.6 is 0 Å². The van der Waals surface area contributed by atoms with Gasteiger partial charge in [0.15, 0.2) is 5.78 Å². The van der Waals surface area contributed by atoms with E-state index in [1.54, 1.807) is 42.5 Å². The third-order valence-corrected chi connectivity index (χ3v) is 4.19. The van der Waals surface area contributed by atoms with Gasteiger partial charge in [-0.1, -0.05) is 32.6 Å². The highest BCUT2D eigenvalue weighted by Gasteiger charge is 2.09. The quantitative estimate of drug-likeness (QED) is 0.250. The summed E-state index contributed by atoms with van der Waals surface area (Å²) in [5, 5.41) is 0. The van der Waals surface area contributed by atoms with E-state index in [-0.39, 0.29) is 5.78 Å². The second-order valence-electron chi connectivity index (χ2n) is 6.66. The molecule has 0 heterocycles. The lowest BCUT2D eigenvalue weighted by Crippen LogP contribution is -2.02. The summed E-state index contributed by atoms with van der Waals surface area (Å²) in [6.45, 7) is 11.5. The van der Waals surface area contributed by atoms with Crippen molar-refractivity contribution < 1.29 is 19.0 Å². The standard InChI is InChI=1S/C25H30O4/c1-5-14-27-22-11-9-21(10-12-22)23(26)13-8-20-17-24(28-15-6-2)19(4)25(18-20)29-16-7-3/h5,8-13,17-18H,1,6-7,14-16H2,2-4H3/b13-8+. The number of hydrogen-bond donors (Lipinski definition) is 0. The minimum absolute atomic E-state index is 0.0760. The van der Waals surface area contributed by atoms with Crippen LogP contribution in [0.5, 0.6) is 17.2 Å². The first-order valence-electron chi connectivity index (χ1n) is 10.0. The summed E-state index contributed by atoms with van der Waals surface area (Å²) in [5.41, 5.74) is 2.45. The maximum Gasteiger partial charge on any atom is 0.185 e. The normalized spacial score (nSPS) is 10.7. The van der Waals surface area contributed by atoms with E-state index in [2.05, 4.69) is 20.4 Å². The Kier molecular flexibility index (Phi) is 9.03. The monoisotopic (exact) mass is 394 g/mol. The van der Waals surface area contributed by atoms with Crippen molar-refractivity contribution in [3.8, 4) is 17.2 Å². The number of carbonyl (C=O) groups excluding carboxylic acids is 1. The highest BCUT2D eigenvalue weighted by Crippen LogP contribution is 2.31. The smallest absolute Gasteiger partial charge is 0.185 e. The summed E-state index contributed by atoms with van der Waals surface area (Å²) < 4.78 is 17.2. The number of carbonyl (C=O) groups is 1. The van der Waals surface area contributed by atoms with Gasteiger partial charge in [-0.25, -0.2) is 0 Å². The molecular weight excluding hydrogens is 364 g/mol. The molecule has 0 amide bonds. The zero-order valence-electron chi connectivity index (χ0n) is 17.6. The predicted octanol–water partition coefficient (Wildman–Crippen LogP) is 6.03. The fourth-order valence-corrected chi connectivity index (χ4v) is 2.64. The maximum atomic E-state index is 12.5. The molecule has 4 heteroatoms. The number of hydrogen-bond acceptors (Lipinski definition) is 4. The molecule has 0 aliphatic heterocycles. The zero-order chi connectivity index (χ0) is 21.1. The van der Waals surface area contributed by atoms with Crippen LogP contribution in [0, 0.1) is 6.92 Å². The Bertz CT molecular complexity index is 805. The van der Waals surface area contributed by atoms with Crippen LogP contribution in [-0.2, 0) is 0 Å². The Labute approximate surface area is 173 Å². The van der Waals surface area contributed by atoms with Gasteiger partial charge in [-0.3, -0.25) is 4.79 Å². The molecule has 0 aliphatic rings. The van der Waals surface area contributed by atoms with Gasteiger partial charge in [0.25, 0.3) is 0 Å². The van der Waals surface area contributed by atoms with Crippen LogP contribution in [0.1, 0.15) is 48.2 Å². The molecule has 0 saturated carbocycles. The summed E-state index contributed by atoms with van der Waals surface area (Å²) >= 11 is 0. The van der Waals surface area contributed by atoms with E-state index in [9.17, 15) is 4.79 Å². The first-order chi connectivity index (χ1) is 14.1. The Morgan fingerprint density at radius 3 is 2.07 bits per heavy atom. The largest absolute Gasteiger partial charge is 0.493 e. The van der Waals surface area contributed by atoms with Gasteiger partial charge >= 0.3 is 0 Å². The summed E-state index contributed by atoms with van der Waals surface area (Å²) in [4.78, 5) is 12.5. The van der Waals surface area contributed by atoms with E-state index in [4.69, 9.17) is 14.2 Å². The molecule has 0 aliphatic carbocycles. The molecule has 4 nitrogen and oxygen atoms in total. The Balaban J connectivity index is 2.18. The second kappa shape index (κ2) is 11.7. The molecule has 2 aromatic carbocycles. The average molecular weight is 395 g/mol. The first kappa shape index (κ1) is 22.3. The van der Waals surface area contributed by atoms with Gasteiger partial charge in [-0.15, -0.1) is 0 Å². The van der Waals surface area contributed by atoms with E-state index >= 15 is 0 Å². The molecule has 0 saturated heterocycles. The number of benzene rings is 2. The van der Waals surface area contributed by atoms with Gasteiger partial charge in [0, 0.05) is 11.1 Å². The third kappa shape index (κ3) is 6.83. The van der Waals surface area contributed by atoms with Gasteiger partial charge in [0.1, 0.15) is 23.9 Å². The van der Waals surface area contributed by atoms with Gasteiger partial charge in [-0.2, -0.15) is 0 Å². The summed E-state index contributed by atoms with van der Waals surface area (Å²) in [5.74, 6) is 2.21. The van der Waals surface area contributed by atoms with Crippen molar-refractivity contribution in [3.05, 3.63) is 71.8 Å². The fourth-order valence-electron chi connectivity index (χ4n) is 2.64. The van der Waals surface area contributed by atoms with Crippen molar-refractivity contribution in [2.24, 2.45) is 0 Å². The molecule has 0 unspecified atom stereocenters. The minimum Gasteiger partial charge on any atom is -0.493 e. The summed E-state index contributed by atoms with van der Waals surface area (Å²) in [6, 6.07) is 11.0. The van der Waals surface area contributed by atoms with E-state index in [0.29, 0.717) is 31.1 Å². The lowest BCUT2D eigenvalue weighted by molar-refractivity contribution is 0.104. The SMILES string of the molecule is C=CCOc1ccc(C(=O)/C=C/c2cc(OCCC)c(C)c(OCCC)c2)cc1. The Hall–Kier alpha value is -3.01. The van der Waals surface area contributed by atoms with Crippen molar-refractivity contribution in [2.45, 2.75) is 33.6 Å². The highest BCUT2D eigenvalue weighted by atomic mass is 16.5. The van der Waals surface area contributed by atoms with Crippen molar-refractivity contribution in [3.63, 3.8) is 0 Å². The van der Waals surface area contributed by atoms with Crippen molar-refractivity contribution >= 4 is 11.9 Å². The third-order valence-electron chi connectivity index (χ3n) is 4.19. The average Bonchev–Trinajstić information content (AvgIpc) is 2.75. The molecule has 0 atom stereocenters. The van der Waals surface area contributed by atoms with Gasteiger partial charge in [0.2, 0.25) is 0 Å². The number of ketones is 1. The molecule has 0 aromatic heterocycles. The van der Waals surface area contributed by atoms with Crippen molar-refractivity contribution in [1.29, 1.82) is 0 Å². The predicted molar refractivity (Wildman–Crippen MR) is 118 cm³/mol. The molecule has 0 radical (unpaired) electrons. The van der Waals surface area contributed by atoms with Gasteiger partial charge < -0.3 is 14.2 Å². The van der Waals surface area contributed by atoms with E-state index in [1.165, 1.54) is 0 Å². The lowest BCUT2D eigenvalue weighted by atomic mass is 10.1. The molecule has 0 bridgehead atoms. The zero-order valence-corrected chi connectivity index (χ0v) is 17.6. The van der Waals surface area contributed by atoms with Crippen LogP contribution in [0.15, 0.2) is 55.1 Å². The molecule has 0 N–H and O–H groups in total. The van der Waals surface area contributed by atoms with Crippen molar-refractivity contribution in [1.82, 2.24) is 0 Å². The number of ether oxygens (including phenoxy) is 3. The number of allylic oxidation sites excluding steroid dienone is 1. The van der Waals surface area contributed by atoms with Crippen LogP contribution in [0.3, 0.4) is 0 Å². The summed E-state index contributed by atoms with van der Waals surface area (Å²) in [7, 11) is 0. The van der Waals surface area contributed by atoms with Crippen LogP contribution in [0.2, 0.25) is 0 Å². The Morgan fingerprint density at radius 1 is 0.966 bits per heavy atom. The van der Waals surface area contributed by atoms with E-state index in [0.717, 1.165) is 35.5 Å². The van der Waals surface area contributed by atoms with Crippen LogP contribution in [0.25, 0.3) is 6.08 Å². The molecular formula is C25H30O4. The topological polar surface area (TPSA) is 44.8 Å². The highest BCUT2D eigenvalue weighted by molar-refractivity contribution is 6.06. The second-order valence-corrected chi connectivity index (χ2v) is 6.66. The molecule has 2 rings (SSSR count). The van der Waals surface area contributed by atoms with Gasteiger partial charge in [-0.05, 0) is 67.8 Å². The Morgan fingerprint density at radius 2 is 1.55 bits per heavy atom. The van der Waals surface area contributed by atoms with Gasteiger partial charge in [0.05, 0.1) is 13.2 Å². The van der Waals surface area contributed by atoms with Crippen LogP contribution in [0.4, 0.5) is 0 Å².